The molecule has 0 spiro atoms. The summed E-state index contributed by atoms with van der Waals surface area (Å²) in [5, 5.41) is 19.2. The van der Waals surface area contributed by atoms with Crippen LogP contribution in [0, 0.1) is 21.8 Å². The first-order chi connectivity index (χ1) is 9.38. The molecule has 1 aromatic rings. The van der Waals surface area contributed by atoms with E-state index in [0.717, 1.165) is 18.2 Å². The molecule has 1 aromatic carbocycles. The molecular formula is C12H11FN2O5. The van der Waals surface area contributed by atoms with Crippen LogP contribution in [0.1, 0.15) is 16.8 Å². The number of rotatable bonds is 4. The van der Waals surface area contributed by atoms with Crippen molar-refractivity contribution in [2.75, 3.05) is 13.1 Å². The monoisotopic (exact) mass is 282 g/mol. The second kappa shape index (κ2) is 5.24. The van der Waals surface area contributed by atoms with Gasteiger partial charge in [-0.05, 0) is 6.07 Å². The van der Waals surface area contributed by atoms with Gasteiger partial charge in [0, 0.05) is 31.1 Å². The summed E-state index contributed by atoms with van der Waals surface area (Å²) in [6.45, 7) is 0.431. The number of aliphatic carboxylic acids is 1. The molecule has 2 rings (SSSR count). The highest BCUT2D eigenvalue weighted by Crippen LogP contribution is 2.24. The van der Waals surface area contributed by atoms with Gasteiger partial charge in [-0.3, -0.25) is 19.7 Å². The van der Waals surface area contributed by atoms with Crippen LogP contribution in [0.25, 0.3) is 0 Å². The van der Waals surface area contributed by atoms with Crippen LogP contribution in [0.5, 0.6) is 0 Å². The van der Waals surface area contributed by atoms with E-state index in [9.17, 15) is 24.1 Å². The number of hydrogen-bond acceptors (Lipinski definition) is 4. The van der Waals surface area contributed by atoms with Crippen molar-refractivity contribution in [2.45, 2.75) is 6.42 Å². The number of amides is 1. The molecule has 20 heavy (non-hydrogen) atoms. The van der Waals surface area contributed by atoms with Crippen molar-refractivity contribution in [3.8, 4) is 0 Å². The minimum absolute atomic E-state index is 0.0544. The van der Waals surface area contributed by atoms with Crippen molar-refractivity contribution < 1.29 is 24.0 Å². The van der Waals surface area contributed by atoms with Gasteiger partial charge in [0.1, 0.15) is 5.82 Å². The van der Waals surface area contributed by atoms with Crippen LogP contribution < -0.4 is 0 Å². The van der Waals surface area contributed by atoms with Crippen molar-refractivity contribution in [1.29, 1.82) is 0 Å². The van der Waals surface area contributed by atoms with Crippen LogP contribution in [-0.4, -0.2) is 39.9 Å². The largest absolute Gasteiger partial charge is 0.481 e. The van der Waals surface area contributed by atoms with Crippen molar-refractivity contribution in [1.82, 2.24) is 4.90 Å². The topological polar surface area (TPSA) is 101 Å². The van der Waals surface area contributed by atoms with Gasteiger partial charge >= 0.3 is 5.97 Å². The lowest BCUT2D eigenvalue weighted by Gasteiger charge is -2.38. The molecule has 1 aliphatic heterocycles. The Hall–Kier alpha value is -2.51. The number of non-ortho nitro benzene ring substituents is 1. The number of carboxylic acid groups (broad SMARTS) is 1. The first kappa shape index (κ1) is 13.9. The number of carbonyl (C=O) groups excluding carboxylic acids is 1. The van der Waals surface area contributed by atoms with E-state index in [-0.39, 0.29) is 36.7 Å². The zero-order chi connectivity index (χ0) is 14.9. The summed E-state index contributed by atoms with van der Waals surface area (Å²) in [7, 11) is 0. The number of halogens is 1. The van der Waals surface area contributed by atoms with Crippen LogP contribution in [-0.2, 0) is 4.79 Å². The Morgan fingerprint density at radius 2 is 2.10 bits per heavy atom. The van der Waals surface area contributed by atoms with Gasteiger partial charge in [0.05, 0.1) is 16.9 Å². The zero-order valence-corrected chi connectivity index (χ0v) is 10.3. The maximum Gasteiger partial charge on any atom is 0.303 e. The molecule has 1 fully saturated rings. The fourth-order valence-corrected chi connectivity index (χ4v) is 2.07. The van der Waals surface area contributed by atoms with Gasteiger partial charge in [-0.25, -0.2) is 4.39 Å². The van der Waals surface area contributed by atoms with Crippen LogP contribution in [0.4, 0.5) is 10.1 Å². The molecule has 8 heteroatoms. The lowest BCUT2D eigenvalue weighted by molar-refractivity contribution is -0.384. The number of likely N-dealkylation sites (tertiary alicyclic amines) is 1. The Balaban J connectivity index is 2.09. The highest BCUT2D eigenvalue weighted by molar-refractivity contribution is 5.95. The van der Waals surface area contributed by atoms with Gasteiger partial charge in [-0.1, -0.05) is 0 Å². The average molecular weight is 282 g/mol. The number of nitrogens with zero attached hydrogens (tertiary/aromatic N) is 2. The molecule has 1 aliphatic rings. The molecule has 0 aliphatic carbocycles. The van der Waals surface area contributed by atoms with E-state index in [1.807, 2.05) is 0 Å². The first-order valence-electron chi connectivity index (χ1n) is 5.83. The number of carboxylic acids is 1. The maximum absolute atomic E-state index is 13.5. The normalized spacial score (nSPS) is 14.8. The molecule has 1 heterocycles. The maximum atomic E-state index is 13.5. The highest BCUT2D eigenvalue weighted by Gasteiger charge is 2.34. The minimum atomic E-state index is -0.955. The summed E-state index contributed by atoms with van der Waals surface area (Å²) in [4.78, 5) is 33.6. The first-order valence-corrected chi connectivity index (χ1v) is 5.83. The third-order valence-electron chi connectivity index (χ3n) is 3.10. The van der Waals surface area contributed by atoms with E-state index in [4.69, 9.17) is 5.11 Å². The molecule has 7 nitrogen and oxygen atoms in total. The molecule has 1 amide bonds. The standard InChI is InChI=1S/C12H11FN2O5/c13-10-2-1-8(15(19)20)4-9(10)12(18)14-5-7(6-14)3-11(16)17/h1-2,4,7H,3,5-6H2,(H,16,17). The third-order valence-corrected chi connectivity index (χ3v) is 3.10. The molecule has 106 valence electrons. The number of carbonyl (C=O) groups is 2. The van der Waals surface area contributed by atoms with Crippen molar-refractivity contribution in [3.63, 3.8) is 0 Å². The Labute approximate surface area is 112 Å². The van der Waals surface area contributed by atoms with Crippen molar-refractivity contribution in [3.05, 3.63) is 39.7 Å². The van der Waals surface area contributed by atoms with Crippen LogP contribution in [0.2, 0.25) is 0 Å². The second-order valence-electron chi connectivity index (χ2n) is 4.60. The third kappa shape index (κ3) is 2.73. The fraction of sp³-hybridized carbons (Fsp3) is 0.333. The van der Waals surface area contributed by atoms with Gasteiger partial charge < -0.3 is 10.0 Å². The Bertz CT molecular complexity index is 583. The number of hydrogen-bond donors (Lipinski definition) is 1. The Morgan fingerprint density at radius 3 is 2.65 bits per heavy atom. The number of nitro groups is 1. The van der Waals surface area contributed by atoms with E-state index < -0.39 is 22.6 Å². The van der Waals surface area contributed by atoms with E-state index in [1.165, 1.54) is 4.90 Å². The minimum Gasteiger partial charge on any atom is -0.481 e. The fourth-order valence-electron chi connectivity index (χ4n) is 2.07. The highest BCUT2D eigenvalue weighted by atomic mass is 19.1. The van der Waals surface area contributed by atoms with Crippen molar-refractivity contribution in [2.24, 2.45) is 5.92 Å². The average Bonchev–Trinajstić information content (AvgIpc) is 2.32. The summed E-state index contributed by atoms with van der Waals surface area (Å²) >= 11 is 0. The van der Waals surface area contributed by atoms with Gasteiger partial charge in [0.2, 0.25) is 0 Å². The molecule has 0 bridgehead atoms. The molecule has 1 saturated heterocycles. The number of nitro benzene ring substituents is 1. The van der Waals surface area contributed by atoms with Crippen LogP contribution >= 0.6 is 0 Å². The SMILES string of the molecule is O=C(O)CC1CN(C(=O)c2cc([N+](=O)[O-])ccc2F)C1. The van der Waals surface area contributed by atoms with Gasteiger partial charge in [-0.15, -0.1) is 0 Å². The second-order valence-corrected chi connectivity index (χ2v) is 4.60. The van der Waals surface area contributed by atoms with Crippen LogP contribution in [0.3, 0.4) is 0 Å². The molecular weight excluding hydrogens is 271 g/mol. The Kier molecular flexibility index (Phi) is 3.64. The van der Waals surface area contributed by atoms with E-state index in [0.29, 0.717) is 0 Å². The molecule has 0 saturated carbocycles. The summed E-state index contributed by atoms with van der Waals surface area (Å²) in [6, 6.07) is 2.75. The van der Waals surface area contributed by atoms with Gasteiger partial charge in [0.25, 0.3) is 11.6 Å². The lowest BCUT2D eigenvalue weighted by atomic mass is 9.95. The molecule has 0 radical (unpaired) electrons. The van der Waals surface area contributed by atoms with E-state index in [1.54, 1.807) is 0 Å². The summed E-state index contributed by atoms with van der Waals surface area (Å²) in [5.41, 5.74) is -0.731. The smallest absolute Gasteiger partial charge is 0.303 e. The van der Waals surface area contributed by atoms with Gasteiger partial charge in [-0.2, -0.15) is 0 Å². The molecule has 0 aromatic heterocycles. The van der Waals surface area contributed by atoms with E-state index >= 15 is 0 Å². The molecule has 0 atom stereocenters. The molecule has 0 unspecified atom stereocenters. The quantitative estimate of drug-likeness (QED) is 0.662. The summed E-state index contributed by atoms with van der Waals surface area (Å²) in [5.74, 6) is -2.60. The molecule has 1 N–H and O–H groups in total. The summed E-state index contributed by atoms with van der Waals surface area (Å²) in [6.07, 6.45) is -0.0544. The van der Waals surface area contributed by atoms with E-state index in [2.05, 4.69) is 0 Å². The van der Waals surface area contributed by atoms with Gasteiger partial charge in [0.15, 0.2) is 0 Å². The zero-order valence-electron chi connectivity index (χ0n) is 10.3. The Morgan fingerprint density at radius 1 is 1.45 bits per heavy atom. The predicted octanol–water partition coefficient (Wildman–Crippen LogP) is 1.28. The summed E-state index contributed by atoms with van der Waals surface area (Å²) < 4.78 is 13.5. The van der Waals surface area contributed by atoms with Crippen molar-refractivity contribution >= 4 is 17.6 Å². The predicted molar refractivity (Wildman–Crippen MR) is 64.7 cm³/mol. The lowest BCUT2D eigenvalue weighted by Crippen LogP contribution is -2.50. The van der Waals surface area contributed by atoms with Crippen LogP contribution in [0.15, 0.2) is 18.2 Å². The number of benzene rings is 1.